The summed E-state index contributed by atoms with van der Waals surface area (Å²) in [5, 5.41) is 3.45. The second-order valence-corrected chi connectivity index (χ2v) is 10.5. The van der Waals surface area contributed by atoms with Crippen molar-refractivity contribution in [3.8, 4) is 0 Å². The fourth-order valence-electron chi connectivity index (χ4n) is 3.49. The second kappa shape index (κ2) is 5.03. The Bertz CT molecular complexity index is 412. The van der Waals surface area contributed by atoms with Gasteiger partial charge >= 0.3 is 0 Å². The first-order valence-corrected chi connectivity index (χ1v) is 9.27. The maximum Gasteiger partial charge on any atom is 0.155 e. The van der Waals surface area contributed by atoms with E-state index in [1.54, 1.807) is 0 Å². The average molecular weight is 287 g/mol. The van der Waals surface area contributed by atoms with Crippen LogP contribution in [0.25, 0.3) is 0 Å². The van der Waals surface area contributed by atoms with Crippen LogP contribution in [-0.2, 0) is 9.84 Å². The van der Waals surface area contributed by atoms with Crippen LogP contribution < -0.4 is 5.32 Å². The van der Waals surface area contributed by atoms with Gasteiger partial charge in [0.2, 0.25) is 0 Å². The summed E-state index contributed by atoms with van der Waals surface area (Å²) in [4.78, 5) is 0. The molecule has 4 heteroatoms. The Labute approximate surface area is 118 Å². The van der Waals surface area contributed by atoms with Gasteiger partial charge < -0.3 is 5.32 Å². The van der Waals surface area contributed by atoms with Gasteiger partial charge in [-0.3, -0.25) is 0 Å². The molecule has 0 spiro atoms. The van der Waals surface area contributed by atoms with Gasteiger partial charge in [0.05, 0.1) is 10.5 Å². The van der Waals surface area contributed by atoms with Crippen LogP contribution in [-0.4, -0.2) is 32.0 Å². The third kappa shape index (κ3) is 3.33. The van der Waals surface area contributed by atoms with Crippen LogP contribution in [0.15, 0.2) is 0 Å². The number of hydrogen-bond acceptors (Lipinski definition) is 3. The van der Waals surface area contributed by atoms with E-state index in [0.29, 0.717) is 5.75 Å². The maximum atomic E-state index is 12.3. The van der Waals surface area contributed by atoms with Crippen molar-refractivity contribution in [1.29, 1.82) is 0 Å². The first-order valence-electron chi connectivity index (χ1n) is 7.62. The molecule has 0 radical (unpaired) electrons. The van der Waals surface area contributed by atoms with Gasteiger partial charge in [-0.2, -0.15) is 0 Å². The molecule has 1 N–H and O–H groups in total. The Balaban J connectivity index is 1.98. The monoisotopic (exact) mass is 287 g/mol. The fourth-order valence-corrected chi connectivity index (χ4v) is 4.80. The number of hydrogen-bond donors (Lipinski definition) is 1. The molecule has 0 aromatic carbocycles. The largest absolute Gasteiger partial charge is 0.316 e. The van der Waals surface area contributed by atoms with Gasteiger partial charge in [0, 0.05) is 6.54 Å². The van der Waals surface area contributed by atoms with E-state index in [1.165, 1.54) is 19.3 Å². The van der Waals surface area contributed by atoms with E-state index in [1.807, 2.05) is 20.8 Å². The maximum absolute atomic E-state index is 12.3. The highest BCUT2D eigenvalue weighted by Crippen LogP contribution is 2.61. The van der Waals surface area contributed by atoms with Crippen molar-refractivity contribution in [2.45, 2.75) is 58.1 Å². The molecule has 112 valence electrons. The molecule has 0 aromatic heterocycles. The van der Waals surface area contributed by atoms with Gasteiger partial charge in [0.25, 0.3) is 0 Å². The van der Waals surface area contributed by atoms with Gasteiger partial charge in [-0.05, 0) is 70.3 Å². The predicted molar refractivity (Wildman–Crippen MR) is 80.0 cm³/mol. The lowest BCUT2D eigenvalue weighted by Gasteiger charge is -2.32. The van der Waals surface area contributed by atoms with E-state index in [-0.39, 0.29) is 5.41 Å². The smallest absolute Gasteiger partial charge is 0.155 e. The summed E-state index contributed by atoms with van der Waals surface area (Å²) < 4.78 is 24.0. The summed E-state index contributed by atoms with van der Waals surface area (Å²) in [6, 6.07) is 0. The van der Waals surface area contributed by atoms with Crippen LogP contribution >= 0.6 is 0 Å². The van der Waals surface area contributed by atoms with Crippen LogP contribution in [0.5, 0.6) is 0 Å². The van der Waals surface area contributed by atoms with Crippen molar-refractivity contribution in [3.63, 3.8) is 0 Å². The van der Waals surface area contributed by atoms with Crippen molar-refractivity contribution in [1.82, 2.24) is 5.32 Å². The number of fused-ring (bicyclic) bond motifs is 1. The van der Waals surface area contributed by atoms with Gasteiger partial charge in [0.1, 0.15) is 0 Å². The van der Waals surface area contributed by atoms with Crippen LogP contribution in [0.4, 0.5) is 0 Å². The molecular weight excluding hydrogens is 258 g/mol. The van der Waals surface area contributed by atoms with Gasteiger partial charge in [-0.15, -0.1) is 0 Å². The second-order valence-electron chi connectivity index (χ2n) is 7.63. The number of sulfone groups is 1. The Morgan fingerprint density at radius 3 is 2.26 bits per heavy atom. The lowest BCUT2D eigenvalue weighted by molar-refractivity contribution is 0.243. The molecule has 2 rings (SSSR count). The molecule has 2 unspecified atom stereocenters. The molecule has 2 fully saturated rings. The summed E-state index contributed by atoms with van der Waals surface area (Å²) in [7, 11) is -2.98. The summed E-state index contributed by atoms with van der Waals surface area (Å²) in [5.74, 6) is 2.15. The van der Waals surface area contributed by atoms with Crippen molar-refractivity contribution in [2.75, 3.05) is 18.8 Å². The van der Waals surface area contributed by atoms with Crippen LogP contribution in [0, 0.1) is 17.3 Å². The fraction of sp³-hybridized carbons (Fsp3) is 1.00. The first kappa shape index (κ1) is 15.3. The van der Waals surface area contributed by atoms with Crippen LogP contribution in [0.3, 0.4) is 0 Å². The quantitative estimate of drug-likeness (QED) is 0.817. The lowest BCUT2D eigenvalue weighted by atomic mass is 9.80. The molecule has 0 heterocycles. The standard InChI is InChI=1S/C15H29NO2S/c1-5-16-11-15(9-12-8-13(12)10-15)6-7-19(17,18)14(2,3)4/h12-13,16H,5-11H2,1-4H3. The van der Waals surface area contributed by atoms with Crippen LogP contribution in [0.2, 0.25) is 0 Å². The van der Waals surface area contributed by atoms with Crippen molar-refractivity contribution >= 4 is 9.84 Å². The zero-order valence-corrected chi connectivity index (χ0v) is 13.6. The molecule has 0 aliphatic heterocycles. The molecule has 0 saturated heterocycles. The highest BCUT2D eigenvalue weighted by atomic mass is 32.2. The van der Waals surface area contributed by atoms with E-state index in [4.69, 9.17) is 0 Å². The van der Waals surface area contributed by atoms with Gasteiger partial charge in [-0.25, -0.2) is 8.42 Å². The SMILES string of the molecule is CCNCC1(CCS(=O)(=O)C(C)(C)C)CC2CC2C1. The topological polar surface area (TPSA) is 46.2 Å². The third-order valence-electron chi connectivity index (χ3n) is 5.04. The Kier molecular flexibility index (Phi) is 4.05. The molecule has 2 aliphatic rings. The minimum atomic E-state index is -2.98. The normalized spacial score (nSPS) is 34.3. The van der Waals surface area contributed by atoms with E-state index < -0.39 is 14.6 Å². The molecule has 0 aromatic rings. The highest BCUT2D eigenvalue weighted by Gasteiger charge is 2.53. The summed E-state index contributed by atoms with van der Waals surface area (Å²) in [6.45, 7) is 9.52. The summed E-state index contributed by atoms with van der Waals surface area (Å²) in [6.07, 6.45) is 4.71. The molecule has 0 amide bonds. The lowest BCUT2D eigenvalue weighted by Crippen LogP contribution is -2.38. The first-order chi connectivity index (χ1) is 8.69. The molecule has 0 bridgehead atoms. The van der Waals surface area contributed by atoms with Crippen molar-refractivity contribution in [3.05, 3.63) is 0 Å². The molecular formula is C15H29NO2S. The third-order valence-corrected chi connectivity index (χ3v) is 7.65. The Morgan fingerprint density at radius 1 is 1.21 bits per heavy atom. The predicted octanol–water partition coefficient (Wildman–Crippen LogP) is 2.62. The van der Waals surface area contributed by atoms with E-state index >= 15 is 0 Å². The minimum Gasteiger partial charge on any atom is -0.316 e. The van der Waals surface area contributed by atoms with Crippen LogP contribution in [0.1, 0.15) is 53.4 Å². The highest BCUT2D eigenvalue weighted by molar-refractivity contribution is 7.92. The molecule has 3 nitrogen and oxygen atoms in total. The number of rotatable bonds is 6. The summed E-state index contributed by atoms with van der Waals surface area (Å²) in [5.41, 5.74) is 0.252. The zero-order chi connectivity index (χ0) is 14.3. The zero-order valence-electron chi connectivity index (χ0n) is 12.8. The average Bonchev–Trinajstić information content (AvgIpc) is 2.91. The number of nitrogens with one attached hydrogen (secondary N) is 1. The van der Waals surface area contributed by atoms with Gasteiger partial charge in [0.15, 0.2) is 9.84 Å². The summed E-state index contributed by atoms with van der Waals surface area (Å²) >= 11 is 0. The van der Waals surface area contributed by atoms with E-state index in [0.717, 1.165) is 31.3 Å². The van der Waals surface area contributed by atoms with E-state index in [2.05, 4.69) is 12.2 Å². The van der Waals surface area contributed by atoms with E-state index in [9.17, 15) is 8.42 Å². The molecule has 2 atom stereocenters. The Morgan fingerprint density at radius 2 is 1.79 bits per heavy atom. The minimum absolute atomic E-state index is 0.252. The molecule has 2 aliphatic carbocycles. The van der Waals surface area contributed by atoms with Gasteiger partial charge in [-0.1, -0.05) is 6.92 Å². The van der Waals surface area contributed by atoms with Crippen molar-refractivity contribution in [2.24, 2.45) is 17.3 Å². The molecule has 2 saturated carbocycles. The van der Waals surface area contributed by atoms with Crippen molar-refractivity contribution < 1.29 is 8.42 Å². The Hall–Kier alpha value is -0.0900. The molecule has 19 heavy (non-hydrogen) atoms.